The lowest BCUT2D eigenvalue weighted by Crippen LogP contribution is -2.30. The fraction of sp³-hybridized carbons (Fsp3) is 0.150. The maximum absolute atomic E-state index is 12.3. The first-order valence-electron chi connectivity index (χ1n) is 8.52. The van der Waals surface area contributed by atoms with Crippen molar-refractivity contribution in [2.45, 2.75) is 13.0 Å². The van der Waals surface area contributed by atoms with Crippen LogP contribution < -0.4 is 14.8 Å². The summed E-state index contributed by atoms with van der Waals surface area (Å²) in [6.45, 7) is 1.66. The van der Waals surface area contributed by atoms with E-state index in [1.54, 1.807) is 23.6 Å². The summed E-state index contributed by atoms with van der Waals surface area (Å²) in [6.07, 6.45) is -0.986. The van der Waals surface area contributed by atoms with Gasteiger partial charge in [-0.2, -0.15) is 0 Å². The first-order valence-corrected chi connectivity index (χ1v) is 9.40. The van der Waals surface area contributed by atoms with Crippen molar-refractivity contribution in [1.29, 1.82) is 0 Å². The number of anilines is 1. The Bertz CT molecular complexity index is 1020. The van der Waals surface area contributed by atoms with Crippen LogP contribution in [0.3, 0.4) is 0 Å². The van der Waals surface area contributed by atoms with E-state index in [0.29, 0.717) is 22.2 Å². The lowest BCUT2D eigenvalue weighted by molar-refractivity contribution is -0.123. The zero-order valence-corrected chi connectivity index (χ0v) is 15.7. The summed E-state index contributed by atoms with van der Waals surface area (Å²) in [5.41, 5.74) is 1.61. The monoisotopic (exact) mass is 396 g/mol. The Morgan fingerprint density at radius 2 is 1.93 bits per heavy atom. The first kappa shape index (κ1) is 18.0. The number of hydrogen-bond acceptors (Lipinski definition) is 7. The molecular weight excluding hydrogens is 380 g/mol. The lowest BCUT2D eigenvalue weighted by atomic mass is 10.2. The van der Waals surface area contributed by atoms with Gasteiger partial charge < -0.3 is 19.5 Å². The molecule has 142 valence electrons. The molecular formula is C20H16N2O5S. The molecule has 8 heteroatoms. The molecule has 7 nitrogen and oxygen atoms in total. The van der Waals surface area contributed by atoms with E-state index in [1.807, 2.05) is 30.3 Å². The Morgan fingerprint density at radius 3 is 2.75 bits per heavy atom. The van der Waals surface area contributed by atoms with E-state index >= 15 is 0 Å². The Hall–Kier alpha value is -3.39. The van der Waals surface area contributed by atoms with Crippen molar-refractivity contribution in [1.82, 2.24) is 4.98 Å². The number of nitrogens with zero attached hydrogens (tertiary/aromatic N) is 1. The van der Waals surface area contributed by atoms with Crippen LogP contribution in [0.25, 0.3) is 10.6 Å². The van der Waals surface area contributed by atoms with Crippen LogP contribution in [0.2, 0.25) is 0 Å². The van der Waals surface area contributed by atoms with Gasteiger partial charge in [-0.05, 0) is 19.1 Å². The van der Waals surface area contributed by atoms with Gasteiger partial charge in [0.1, 0.15) is 5.01 Å². The van der Waals surface area contributed by atoms with E-state index in [4.69, 9.17) is 14.2 Å². The van der Waals surface area contributed by atoms with Crippen LogP contribution in [0.1, 0.15) is 17.4 Å². The quantitative estimate of drug-likeness (QED) is 0.662. The number of aromatic nitrogens is 1. The Balaban J connectivity index is 1.37. The first-order chi connectivity index (χ1) is 13.6. The largest absolute Gasteiger partial charge is 0.454 e. The number of amides is 1. The Morgan fingerprint density at radius 1 is 1.14 bits per heavy atom. The van der Waals surface area contributed by atoms with Gasteiger partial charge >= 0.3 is 5.97 Å². The molecule has 0 saturated carbocycles. The van der Waals surface area contributed by atoms with Crippen LogP contribution in [0.15, 0.2) is 53.9 Å². The highest BCUT2D eigenvalue weighted by molar-refractivity contribution is 7.13. The minimum Gasteiger partial charge on any atom is -0.454 e. The molecule has 1 aliphatic rings. The Kier molecular flexibility index (Phi) is 4.94. The maximum Gasteiger partial charge on any atom is 0.358 e. The number of esters is 1. The van der Waals surface area contributed by atoms with Gasteiger partial charge in [0, 0.05) is 22.7 Å². The number of hydrogen-bond donors (Lipinski definition) is 1. The molecule has 2 aromatic carbocycles. The predicted octanol–water partition coefficient (Wildman–Crippen LogP) is 3.72. The zero-order valence-electron chi connectivity index (χ0n) is 14.9. The predicted molar refractivity (Wildman–Crippen MR) is 104 cm³/mol. The lowest BCUT2D eigenvalue weighted by Gasteiger charge is -2.13. The van der Waals surface area contributed by atoms with Gasteiger partial charge in [-0.3, -0.25) is 4.79 Å². The molecule has 28 heavy (non-hydrogen) atoms. The molecule has 0 saturated heterocycles. The summed E-state index contributed by atoms with van der Waals surface area (Å²) in [5, 5.41) is 5.02. The molecule has 2 heterocycles. The minimum absolute atomic E-state index is 0.152. The number of carbonyl (C=O) groups is 2. The second-order valence-electron chi connectivity index (χ2n) is 6.01. The average molecular weight is 396 g/mol. The number of ether oxygens (including phenoxy) is 3. The summed E-state index contributed by atoms with van der Waals surface area (Å²) in [5.74, 6) is 0.0751. The summed E-state index contributed by atoms with van der Waals surface area (Å²) in [4.78, 5) is 28.9. The molecule has 1 aliphatic heterocycles. The minimum atomic E-state index is -0.986. The van der Waals surface area contributed by atoms with Crippen molar-refractivity contribution in [2.24, 2.45) is 0 Å². The highest BCUT2D eigenvalue weighted by Crippen LogP contribution is 2.34. The summed E-state index contributed by atoms with van der Waals surface area (Å²) < 4.78 is 15.8. The number of thiazole rings is 1. The smallest absolute Gasteiger partial charge is 0.358 e. The number of rotatable bonds is 5. The van der Waals surface area contributed by atoms with E-state index in [9.17, 15) is 9.59 Å². The molecule has 4 rings (SSSR count). The molecule has 1 N–H and O–H groups in total. The molecule has 1 unspecified atom stereocenters. The molecule has 3 aromatic rings. The fourth-order valence-electron chi connectivity index (χ4n) is 2.57. The van der Waals surface area contributed by atoms with Gasteiger partial charge in [-0.15, -0.1) is 11.3 Å². The number of fused-ring (bicyclic) bond motifs is 1. The molecule has 0 bridgehead atoms. The van der Waals surface area contributed by atoms with E-state index in [1.165, 1.54) is 18.3 Å². The van der Waals surface area contributed by atoms with E-state index in [-0.39, 0.29) is 12.5 Å². The molecule has 1 atom stereocenters. The fourth-order valence-corrected chi connectivity index (χ4v) is 3.37. The van der Waals surface area contributed by atoms with Crippen LogP contribution in [0.5, 0.6) is 11.5 Å². The van der Waals surface area contributed by atoms with Crippen LogP contribution in [-0.4, -0.2) is 29.8 Å². The van der Waals surface area contributed by atoms with E-state index < -0.39 is 18.0 Å². The van der Waals surface area contributed by atoms with Crippen molar-refractivity contribution >= 4 is 28.9 Å². The standard InChI is InChI=1S/C20H16N2O5S/c1-12(18(23)21-14-7-8-16-17(9-14)26-11-25-16)27-20(24)15-10-28-19(22-15)13-5-3-2-4-6-13/h2-10,12H,11H2,1H3,(H,21,23). The highest BCUT2D eigenvalue weighted by Gasteiger charge is 2.22. The van der Waals surface area contributed by atoms with Crippen LogP contribution in [0, 0.1) is 0 Å². The zero-order chi connectivity index (χ0) is 19.5. The molecule has 0 aliphatic carbocycles. The van der Waals surface area contributed by atoms with Crippen LogP contribution in [-0.2, 0) is 9.53 Å². The molecule has 1 aromatic heterocycles. The Labute approximate surface area is 164 Å². The number of nitrogens with one attached hydrogen (secondary N) is 1. The highest BCUT2D eigenvalue weighted by atomic mass is 32.1. The van der Waals surface area contributed by atoms with Gasteiger partial charge in [-0.25, -0.2) is 9.78 Å². The summed E-state index contributed by atoms with van der Waals surface area (Å²) >= 11 is 1.34. The second kappa shape index (κ2) is 7.69. The average Bonchev–Trinajstić information content (AvgIpc) is 3.38. The van der Waals surface area contributed by atoms with E-state index in [0.717, 1.165) is 5.56 Å². The van der Waals surface area contributed by atoms with Gasteiger partial charge in [0.05, 0.1) is 0 Å². The normalized spacial score (nSPS) is 13.0. The van der Waals surface area contributed by atoms with Crippen molar-refractivity contribution < 1.29 is 23.8 Å². The molecule has 0 spiro atoms. The molecule has 1 amide bonds. The van der Waals surface area contributed by atoms with Gasteiger partial charge in [0.15, 0.2) is 23.3 Å². The van der Waals surface area contributed by atoms with Crippen molar-refractivity contribution in [2.75, 3.05) is 12.1 Å². The maximum atomic E-state index is 12.3. The third-order valence-electron chi connectivity index (χ3n) is 4.03. The molecule has 0 fully saturated rings. The van der Waals surface area contributed by atoms with Crippen molar-refractivity contribution in [3.63, 3.8) is 0 Å². The summed E-state index contributed by atoms with van der Waals surface area (Å²) in [6, 6.07) is 14.6. The third-order valence-corrected chi connectivity index (χ3v) is 4.92. The van der Waals surface area contributed by atoms with Gasteiger partial charge in [0.25, 0.3) is 5.91 Å². The van der Waals surface area contributed by atoms with Crippen LogP contribution >= 0.6 is 11.3 Å². The molecule has 0 radical (unpaired) electrons. The van der Waals surface area contributed by atoms with E-state index in [2.05, 4.69) is 10.3 Å². The van der Waals surface area contributed by atoms with Crippen LogP contribution in [0.4, 0.5) is 5.69 Å². The number of carbonyl (C=O) groups excluding carboxylic acids is 2. The van der Waals surface area contributed by atoms with Gasteiger partial charge in [0.2, 0.25) is 6.79 Å². The van der Waals surface area contributed by atoms with Gasteiger partial charge in [-0.1, -0.05) is 30.3 Å². The third kappa shape index (κ3) is 3.81. The van der Waals surface area contributed by atoms with Crippen molar-refractivity contribution in [3.8, 4) is 22.1 Å². The second-order valence-corrected chi connectivity index (χ2v) is 6.87. The summed E-state index contributed by atoms with van der Waals surface area (Å²) in [7, 11) is 0. The SMILES string of the molecule is CC(OC(=O)c1csc(-c2ccccc2)n1)C(=O)Nc1ccc2c(c1)OCO2. The number of benzene rings is 2. The van der Waals surface area contributed by atoms with Crippen molar-refractivity contribution in [3.05, 3.63) is 59.6 Å². The topological polar surface area (TPSA) is 86.8 Å².